The lowest BCUT2D eigenvalue weighted by atomic mass is 10.1. The molecule has 0 saturated carbocycles. The fourth-order valence-electron chi connectivity index (χ4n) is 2.58. The zero-order valence-corrected chi connectivity index (χ0v) is 13.3. The molecule has 2 aromatic rings. The highest BCUT2D eigenvalue weighted by atomic mass is 79.9. The van der Waals surface area contributed by atoms with Gasteiger partial charge in [0.25, 0.3) is 0 Å². The van der Waals surface area contributed by atoms with E-state index in [0.29, 0.717) is 0 Å². The Morgan fingerprint density at radius 1 is 1.25 bits per heavy atom. The maximum Gasteiger partial charge on any atom is 0.0889 e. The first-order valence-electron chi connectivity index (χ1n) is 6.57. The zero-order chi connectivity index (χ0) is 13.9. The predicted molar refractivity (Wildman–Crippen MR) is 87.1 cm³/mol. The first-order valence-corrected chi connectivity index (χ1v) is 8.18. The van der Waals surface area contributed by atoms with Crippen LogP contribution in [0.5, 0.6) is 0 Å². The summed E-state index contributed by atoms with van der Waals surface area (Å²) in [5.74, 6) is 0. The van der Waals surface area contributed by atoms with Gasteiger partial charge in [-0.15, -0.1) is 11.3 Å². The molecule has 0 unspecified atom stereocenters. The minimum Gasteiger partial charge on any atom is -0.411 e. The van der Waals surface area contributed by atoms with Gasteiger partial charge in [0.2, 0.25) is 0 Å². The molecule has 1 N–H and O–H groups in total. The van der Waals surface area contributed by atoms with E-state index in [-0.39, 0.29) is 0 Å². The number of oxime groups is 1. The van der Waals surface area contributed by atoms with Gasteiger partial charge in [-0.3, -0.25) is 0 Å². The van der Waals surface area contributed by atoms with E-state index in [1.165, 1.54) is 4.88 Å². The lowest BCUT2D eigenvalue weighted by Crippen LogP contribution is -2.22. The fourth-order valence-corrected chi connectivity index (χ4v) is 4.08. The summed E-state index contributed by atoms with van der Waals surface area (Å²) in [5.41, 5.74) is 2.99. The highest BCUT2D eigenvalue weighted by Gasteiger charge is 2.20. The number of halogens is 1. The lowest BCUT2D eigenvalue weighted by Gasteiger charge is -2.24. The van der Waals surface area contributed by atoms with E-state index in [2.05, 4.69) is 44.2 Å². The van der Waals surface area contributed by atoms with Crippen LogP contribution in [0.2, 0.25) is 0 Å². The molecule has 0 aliphatic carbocycles. The Hall–Kier alpha value is -1.33. The average Bonchev–Trinajstić information content (AvgIpc) is 2.79. The van der Waals surface area contributed by atoms with Crippen LogP contribution in [0.3, 0.4) is 0 Å². The second-order valence-corrected chi connectivity index (χ2v) is 7.34. The number of rotatable bonds is 2. The monoisotopic (exact) mass is 350 g/mol. The van der Waals surface area contributed by atoms with E-state index in [0.717, 1.165) is 46.7 Å². The zero-order valence-electron chi connectivity index (χ0n) is 10.9. The highest BCUT2D eigenvalue weighted by Crippen LogP contribution is 2.30. The Bertz CT molecular complexity index is 638. The third-order valence-electron chi connectivity index (χ3n) is 3.49. The third-order valence-corrected chi connectivity index (χ3v) is 5.10. The molecule has 1 aromatic heterocycles. The number of benzene rings is 1. The SMILES string of the molecule is O/N=C1/CCCN(Cc2ccc(Br)s2)c2ccccc21. The molecule has 0 fully saturated rings. The van der Waals surface area contributed by atoms with Crippen LogP contribution >= 0.6 is 27.3 Å². The van der Waals surface area contributed by atoms with E-state index in [1.54, 1.807) is 11.3 Å². The minimum absolute atomic E-state index is 0.787. The molecule has 1 aliphatic rings. The van der Waals surface area contributed by atoms with Crippen LogP contribution in [0, 0.1) is 0 Å². The van der Waals surface area contributed by atoms with Crippen LogP contribution in [0.1, 0.15) is 23.3 Å². The van der Waals surface area contributed by atoms with Gasteiger partial charge in [0.1, 0.15) is 0 Å². The van der Waals surface area contributed by atoms with E-state index < -0.39 is 0 Å². The Balaban J connectivity index is 1.95. The van der Waals surface area contributed by atoms with Crippen molar-refractivity contribution in [1.82, 2.24) is 0 Å². The van der Waals surface area contributed by atoms with E-state index in [4.69, 9.17) is 0 Å². The van der Waals surface area contributed by atoms with Crippen LogP contribution < -0.4 is 4.90 Å². The summed E-state index contributed by atoms with van der Waals surface area (Å²) in [6.45, 7) is 1.87. The molecule has 2 heterocycles. The first kappa shape index (κ1) is 13.6. The summed E-state index contributed by atoms with van der Waals surface area (Å²) in [6, 6.07) is 12.4. The van der Waals surface area contributed by atoms with Crippen molar-refractivity contribution in [3.63, 3.8) is 0 Å². The molecule has 5 heteroatoms. The summed E-state index contributed by atoms with van der Waals surface area (Å²) in [6.07, 6.45) is 1.82. The summed E-state index contributed by atoms with van der Waals surface area (Å²) >= 11 is 5.28. The van der Waals surface area contributed by atoms with Crippen molar-refractivity contribution in [3.8, 4) is 0 Å². The number of anilines is 1. The molecule has 1 aromatic carbocycles. The van der Waals surface area contributed by atoms with Gasteiger partial charge in [-0.25, -0.2) is 0 Å². The van der Waals surface area contributed by atoms with Gasteiger partial charge in [0, 0.05) is 22.7 Å². The van der Waals surface area contributed by atoms with Gasteiger partial charge in [0.05, 0.1) is 16.0 Å². The van der Waals surface area contributed by atoms with Crippen molar-refractivity contribution in [2.45, 2.75) is 19.4 Å². The molecule has 0 bridgehead atoms. The number of fused-ring (bicyclic) bond motifs is 1. The molecular weight excluding hydrogens is 336 g/mol. The van der Waals surface area contributed by atoms with Gasteiger partial charge < -0.3 is 10.1 Å². The van der Waals surface area contributed by atoms with Crippen molar-refractivity contribution in [2.24, 2.45) is 5.16 Å². The topological polar surface area (TPSA) is 35.8 Å². The number of hydrogen-bond donors (Lipinski definition) is 1. The van der Waals surface area contributed by atoms with Crippen molar-refractivity contribution in [3.05, 3.63) is 50.6 Å². The molecule has 0 amide bonds. The smallest absolute Gasteiger partial charge is 0.0889 e. The normalized spacial score (nSPS) is 17.1. The highest BCUT2D eigenvalue weighted by molar-refractivity contribution is 9.11. The Morgan fingerprint density at radius 3 is 2.85 bits per heavy atom. The second kappa shape index (κ2) is 5.97. The van der Waals surface area contributed by atoms with Crippen LogP contribution in [0.25, 0.3) is 0 Å². The lowest BCUT2D eigenvalue weighted by molar-refractivity contribution is 0.318. The predicted octanol–water partition coefficient (Wildman–Crippen LogP) is 4.49. The summed E-state index contributed by atoms with van der Waals surface area (Å²) < 4.78 is 1.16. The summed E-state index contributed by atoms with van der Waals surface area (Å²) in [5, 5.41) is 12.7. The first-order chi connectivity index (χ1) is 9.78. The average molecular weight is 351 g/mol. The molecule has 104 valence electrons. The van der Waals surface area contributed by atoms with Crippen LogP contribution in [0.4, 0.5) is 5.69 Å². The van der Waals surface area contributed by atoms with Gasteiger partial charge in [-0.05, 0) is 47.0 Å². The molecule has 0 saturated heterocycles. The van der Waals surface area contributed by atoms with Gasteiger partial charge in [0.15, 0.2) is 0 Å². The van der Waals surface area contributed by atoms with Crippen molar-refractivity contribution in [2.75, 3.05) is 11.4 Å². The van der Waals surface area contributed by atoms with Gasteiger partial charge >= 0.3 is 0 Å². The number of para-hydroxylation sites is 1. The fraction of sp³-hybridized carbons (Fsp3) is 0.267. The standard InChI is InChI=1S/C15H15BrN2OS/c16-15-8-7-11(20-15)10-18-9-3-5-13(17-19)12-4-1-2-6-14(12)18/h1-2,4,6-8,19H,3,5,9-10H2/b17-13-. The van der Waals surface area contributed by atoms with E-state index in [9.17, 15) is 5.21 Å². The van der Waals surface area contributed by atoms with Crippen molar-refractivity contribution < 1.29 is 5.21 Å². The molecule has 0 radical (unpaired) electrons. The minimum atomic E-state index is 0.787. The Morgan fingerprint density at radius 2 is 2.10 bits per heavy atom. The molecule has 0 spiro atoms. The van der Waals surface area contributed by atoms with Crippen LogP contribution in [-0.2, 0) is 6.54 Å². The van der Waals surface area contributed by atoms with Gasteiger partial charge in [-0.1, -0.05) is 23.4 Å². The maximum absolute atomic E-state index is 9.21. The Labute approximate surface area is 130 Å². The molecule has 3 nitrogen and oxygen atoms in total. The number of hydrogen-bond acceptors (Lipinski definition) is 4. The molecule has 20 heavy (non-hydrogen) atoms. The van der Waals surface area contributed by atoms with Crippen molar-refractivity contribution >= 4 is 38.7 Å². The van der Waals surface area contributed by atoms with E-state index >= 15 is 0 Å². The molecule has 1 aliphatic heterocycles. The molecular formula is C15H15BrN2OS. The van der Waals surface area contributed by atoms with Crippen LogP contribution in [-0.4, -0.2) is 17.5 Å². The Kier molecular flexibility index (Phi) is 4.08. The number of nitrogens with zero attached hydrogens (tertiary/aromatic N) is 2. The summed E-state index contributed by atoms with van der Waals surface area (Å²) in [7, 11) is 0. The third kappa shape index (κ3) is 2.74. The number of thiophene rings is 1. The maximum atomic E-state index is 9.21. The largest absolute Gasteiger partial charge is 0.411 e. The van der Waals surface area contributed by atoms with Crippen molar-refractivity contribution in [1.29, 1.82) is 0 Å². The molecule has 0 atom stereocenters. The van der Waals surface area contributed by atoms with Crippen LogP contribution in [0.15, 0.2) is 45.3 Å². The van der Waals surface area contributed by atoms with Gasteiger partial charge in [-0.2, -0.15) is 0 Å². The quantitative estimate of drug-likeness (QED) is 0.639. The summed E-state index contributed by atoms with van der Waals surface area (Å²) in [4.78, 5) is 3.70. The second-order valence-electron chi connectivity index (χ2n) is 4.79. The van der Waals surface area contributed by atoms with E-state index in [1.807, 2.05) is 18.2 Å². The molecule has 3 rings (SSSR count).